The number of carbonyl (C=O) groups is 4. The van der Waals surface area contributed by atoms with Crippen LogP contribution in [0.2, 0.25) is 0 Å². The molecular weight excluding hydrogens is 376 g/mol. The van der Waals surface area contributed by atoms with Crippen molar-refractivity contribution in [2.24, 2.45) is 0 Å². The molecule has 1 heterocycles. The predicted molar refractivity (Wildman–Crippen MR) is 83.8 cm³/mol. The highest BCUT2D eigenvalue weighted by atomic mass is 35.5. The summed E-state index contributed by atoms with van der Waals surface area (Å²) in [4.78, 5) is 45.5. The number of alkyl halides is 1. The molecular formula is C15H21ClO10. The average molecular weight is 397 g/mol. The summed E-state index contributed by atoms with van der Waals surface area (Å²) in [5.41, 5.74) is 0. The SMILES string of the molecule is CC(=O)OC[C@H]1O[C@@H](OCCl)[C@H](OC(C)=O)[C@@H](OC(C)=O)[C@H]1OC(C)=O. The average Bonchev–Trinajstić information content (AvgIpc) is 2.50. The Labute approximate surface area is 154 Å². The maximum absolute atomic E-state index is 11.5. The molecule has 0 radical (unpaired) electrons. The van der Waals surface area contributed by atoms with Crippen molar-refractivity contribution in [1.29, 1.82) is 0 Å². The molecule has 11 heteroatoms. The fourth-order valence-corrected chi connectivity index (χ4v) is 2.51. The van der Waals surface area contributed by atoms with Crippen molar-refractivity contribution >= 4 is 35.5 Å². The summed E-state index contributed by atoms with van der Waals surface area (Å²) in [5.74, 6) is -2.74. The van der Waals surface area contributed by atoms with E-state index in [1.165, 1.54) is 6.92 Å². The Morgan fingerprint density at radius 1 is 0.808 bits per heavy atom. The van der Waals surface area contributed by atoms with Crippen LogP contribution in [0, 0.1) is 0 Å². The minimum atomic E-state index is -1.26. The first-order chi connectivity index (χ1) is 12.1. The van der Waals surface area contributed by atoms with Gasteiger partial charge >= 0.3 is 23.9 Å². The summed E-state index contributed by atoms with van der Waals surface area (Å²) in [6.07, 6.45) is -6.02. The van der Waals surface area contributed by atoms with Crippen molar-refractivity contribution in [2.45, 2.75) is 58.4 Å². The second-order valence-corrected chi connectivity index (χ2v) is 5.56. The quantitative estimate of drug-likeness (QED) is 0.336. The van der Waals surface area contributed by atoms with Gasteiger partial charge in [-0.3, -0.25) is 19.2 Å². The van der Waals surface area contributed by atoms with E-state index < -0.39 is 54.6 Å². The third-order valence-electron chi connectivity index (χ3n) is 3.18. The van der Waals surface area contributed by atoms with Crippen LogP contribution in [0.25, 0.3) is 0 Å². The number of hydrogen-bond acceptors (Lipinski definition) is 10. The number of esters is 4. The molecule has 0 aromatic carbocycles. The summed E-state index contributed by atoms with van der Waals surface area (Å²) in [7, 11) is 0. The minimum Gasteiger partial charge on any atom is -0.463 e. The van der Waals surface area contributed by atoms with Crippen LogP contribution >= 0.6 is 11.6 Å². The molecule has 0 amide bonds. The molecule has 0 unspecified atom stereocenters. The van der Waals surface area contributed by atoms with Gasteiger partial charge in [0.15, 0.2) is 18.3 Å². The van der Waals surface area contributed by atoms with Gasteiger partial charge in [-0.1, -0.05) is 11.6 Å². The monoisotopic (exact) mass is 396 g/mol. The van der Waals surface area contributed by atoms with Gasteiger partial charge in [-0.25, -0.2) is 0 Å². The third-order valence-corrected chi connectivity index (χ3v) is 3.30. The zero-order valence-corrected chi connectivity index (χ0v) is 15.5. The predicted octanol–water partition coefficient (Wildman–Crippen LogP) is 0.282. The number of rotatable bonds is 7. The molecule has 1 saturated heterocycles. The summed E-state index contributed by atoms with van der Waals surface area (Å²) in [6.45, 7) is 4.26. The fraction of sp³-hybridized carbons (Fsp3) is 0.733. The second kappa shape index (κ2) is 10.3. The van der Waals surface area contributed by atoms with E-state index in [0.717, 1.165) is 20.8 Å². The van der Waals surface area contributed by atoms with E-state index in [0.29, 0.717) is 0 Å². The number of hydrogen-bond donors (Lipinski definition) is 0. The smallest absolute Gasteiger partial charge is 0.303 e. The van der Waals surface area contributed by atoms with E-state index in [2.05, 4.69) is 0 Å². The lowest BCUT2D eigenvalue weighted by Crippen LogP contribution is -2.62. The van der Waals surface area contributed by atoms with E-state index in [9.17, 15) is 19.2 Å². The Kier molecular flexibility index (Phi) is 8.76. The highest BCUT2D eigenvalue weighted by Gasteiger charge is 2.52. The first kappa shape index (κ1) is 22.1. The second-order valence-electron chi connectivity index (χ2n) is 5.34. The number of carbonyl (C=O) groups excluding carboxylic acids is 4. The molecule has 1 fully saturated rings. The highest BCUT2D eigenvalue weighted by molar-refractivity contribution is 6.17. The van der Waals surface area contributed by atoms with Crippen LogP contribution in [0.1, 0.15) is 27.7 Å². The van der Waals surface area contributed by atoms with Crippen LogP contribution in [0.15, 0.2) is 0 Å². The molecule has 0 aliphatic carbocycles. The van der Waals surface area contributed by atoms with Gasteiger partial charge in [-0.2, -0.15) is 0 Å². The van der Waals surface area contributed by atoms with Gasteiger partial charge in [-0.05, 0) is 0 Å². The van der Waals surface area contributed by atoms with E-state index in [1.807, 2.05) is 0 Å². The van der Waals surface area contributed by atoms with E-state index >= 15 is 0 Å². The summed E-state index contributed by atoms with van der Waals surface area (Å²) >= 11 is 5.56. The van der Waals surface area contributed by atoms with Crippen molar-refractivity contribution < 1.29 is 47.6 Å². The molecule has 10 nitrogen and oxygen atoms in total. The van der Waals surface area contributed by atoms with Gasteiger partial charge in [0, 0.05) is 27.7 Å². The van der Waals surface area contributed by atoms with Gasteiger partial charge in [-0.15, -0.1) is 0 Å². The van der Waals surface area contributed by atoms with Crippen LogP contribution in [0.4, 0.5) is 0 Å². The standard InChI is InChI=1S/C15H21ClO10/c1-7(17)21-5-11-12(23-8(2)18)13(24-9(3)19)14(25-10(4)20)15(26-11)22-6-16/h11-15H,5-6H2,1-4H3/t11-,12+,13+,14-,15-/m1/s1. The maximum atomic E-state index is 11.5. The van der Waals surface area contributed by atoms with Crippen LogP contribution in [-0.4, -0.2) is 67.3 Å². The molecule has 5 atom stereocenters. The number of ether oxygens (including phenoxy) is 6. The van der Waals surface area contributed by atoms with Crippen LogP contribution in [0.5, 0.6) is 0 Å². The highest BCUT2D eigenvalue weighted by Crippen LogP contribution is 2.30. The Hall–Kier alpha value is -1.91. The molecule has 0 aromatic heterocycles. The largest absolute Gasteiger partial charge is 0.463 e. The van der Waals surface area contributed by atoms with Crippen molar-refractivity contribution in [3.8, 4) is 0 Å². The van der Waals surface area contributed by atoms with Crippen LogP contribution in [-0.2, 0) is 47.6 Å². The molecule has 0 bridgehead atoms. The Balaban J connectivity index is 3.22. The molecule has 1 rings (SSSR count). The molecule has 0 N–H and O–H groups in total. The lowest BCUT2D eigenvalue weighted by Gasteiger charge is -2.43. The molecule has 26 heavy (non-hydrogen) atoms. The normalized spacial score (nSPS) is 28.0. The number of halogens is 1. The molecule has 1 aliphatic rings. The first-order valence-electron chi connectivity index (χ1n) is 7.63. The Morgan fingerprint density at radius 3 is 1.77 bits per heavy atom. The van der Waals surface area contributed by atoms with E-state index in [1.54, 1.807) is 0 Å². The first-order valence-corrected chi connectivity index (χ1v) is 8.17. The molecule has 0 spiro atoms. The lowest BCUT2D eigenvalue weighted by atomic mass is 9.98. The van der Waals surface area contributed by atoms with Gasteiger partial charge in [0.25, 0.3) is 0 Å². The Bertz CT molecular complexity index is 537. The van der Waals surface area contributed by atoms with Gasteiger partial charge in [0.1, 0.15) is 18.8 Å². The zero-order chi connectivity index (χ0) is 19.9. The molecule has 0 aromatic rings. The van der Waals surface area contributed by atoms with Crippen molar-refractivity contribution in [3.63, 3.8) is 0 Å². The molecule has 1 aliphatic heterocycles. The van der Waals surface area contributed by atoms with Crippen LogP contribution < -0.4 is 0 Å². The van der Waals surface area contributed by atoms with Gasteiger partial charge in [0.2, 0.25) is 6.29 Å². The lowest BCUT2D eigenvalue weighted by molar-refractivity contribution is -0.304. The molecule has 148 valence electrons. The summed E-state index contributed by atoms with van der Waals surface area (Å²) in [5, 5.41) is 0. The van der Waals surface area contributed by atoms with E-state index in [-0.39, 0.29) is 12.7 Å². The van der Waals surface area contributed by atoms with Gasteiger partial charge < -0.3 is 28.4 Å². The van der Waals surface area contributed by atoms with Gasteiger partial charge in [0.05, 0.1) is 0 Å². The third kappa shape index (κ3) is 6.77. The maximum Gasteiger partial charge on any atom is 0.303 e. The van der Waals surface area contributed by atoms with Crippen molar-refractivity contribution in [1.82, 2.24) is 0 Å². The minimum absolute atomic E-state index is 0.319. The topological polar surface area (TPSA) is 124 Å². The van der Waals surface area contributed by atoms with Crippen molar-refractivity contribution in [2.75, 3.05) is 12.7 Å². The van der Waals surface area contributed by atoms with Crippen LogP contribution in [0.3, 0.4) is 0 Å². The zero-order valence-electron chi connectivity index (χ0n) is 14.8. The van der Waals surface area contributed by atoms with Crippen molar-refractivity contribution in [3.05, 3.63) is 0 Å². The molecule has 0 saturated carbocycles. The Morgan fingerprint density at radius 2 is 1.31 bits per heavy atom. The summed E-state index contributed by atoms with van der Waals surface area (Å²) < 4.78 is 31.2. The fourth-order valence-electron chi connectivity index (χ4n) is 2.38. The summed E-state index contributed by atoms with van der Waals surface area (Å²) in [6, 6.07) is -0.326. The van der Waals surface area contributed by atoms with E-state index in [4.69, 9.17) is 40.0 Å².